The molecule has 2 aromatic carbocycles. The summed E-state index contributed by atoms with van der Waals surface area (Å²) in [6, 6.07) is 16.0. The van der Waals surface area contributed by atoms with E-state index in [9.17, 15) is 0 Å². The molecule has 2 heterocycles. The van der Waals surface area contributed by atoms with Gasteiger partial charge in [-0.05, 0) is 49.9 Å². The van der Waals surface area contributed by atoms with E-state index in [0.29, 0.717) is 5.75 Å². The molecule has 0 amide bonds. The Hall–Kier alpha value is -2.37. The molecule has 0 aliphatic heterocycles. The van der Waals surface area contributed by atoms with Crippen molar-refractivity contribution < 1.29 is 0 Å². The molecule has 1 aliphatic rings. The lowest BCUT2D eigenvalue weighted by atomic mass is 9.92. The van der Waals surface area contributed by atoms with Crippen molar-refractivity contribution in [1.82, 2.24) is 19.9 Å². The largest absolute Gasteiger partial charge is 0.341 e. The fraction of sp³-hybridized carbons (Fsp3) is 0.227. The monoisotopic (exact) mass is 406 g/mol. The fourth-order valence-corrected chi connectivity index (χ4v) is 4.55. The van der Waals surface area contributed by atoms with E-state index < -0.39 is 0 Å². The quantitative estimate of drug-likeness (QED) is 0.341. The molecule has 4 nitrogen and oxygen atoms in total. The van der Waals surface area contributed by atoms with E-state index in [4.69, 9.17) is 21.6 Å². The standard InChI is InChI=1S/C22H19ClN4S/c23-15-11-9-14(10-12-15)21-16-5-1-2-6-17(16)26-22(27-21)28-13-20-24-18-7-3-4-8-19(18)25-20/h3-4,7-12H,1-2,5-6,13H2,(H,24,25). The lowest BCUT2D eigenvalue weighted by Gasteiger charge is -2.19. The summed E-state index contributed by atoms with van der Waals surface area (Å²) in [4.78, 5) is 17.8. The van der Waals surface area contributed by atoms with Gasteiger partial charge < -0.3 is 4.98 Å². The van der Waals surface area contributed by atoms with Gasteiger partial charge in [-0.2, -0.15) is 0 Å². The first-order chi connectivity index (χ1) is 13.8. The minimum absolute atomic E-state index is 0.716. The Bertz CT molecular complexity index is 1100. The van der Waals surface area contributed by atoms with E-state index in [1.807, 2.05) is 48.5 Å². The smallest absolute Gasteiger partial charge is 0.188 e. The van der Waals surface area contributed by atoms with Gasteiger partial charge in [0.25, 0.3) is 0 Å². The second kappa shape index (κ2) is 7.57. The lowest BCUT2D eigenvalue weighted by molar-refractivity contribution is 0.651. The average molecular weight is 407 g/mol. The van der Waals surface area contributed by atoms with Gasteiger partial charge in [-0.25, -0.2) is 15.0 Å². The summed E-state index contributed by atoms with van der Waals surface area (Å²) < 4.78 is 0. The molecule has 6 heteroatoms. The van der Waals surface area contributed by atoms with Crippen molar-refractivity contribution in [2.24, 2.45) is 0 Å². The number of para-hydroxylation sites is 2. The molecule has 0 saturated heterocycles. The topological polar surface area (TPSA) is 54.5 Å². The number of halogens is 1. The van der Waals surface area contributed by atoms with Crippen LogP contribution < -0.4 is 0 Å². The van der Waals surface area contributed by atoms with Gasteiger partial charge in [-0.1, -0.05) is 47.6 Å². The third-order valence-electron chi connectivity index (χ3n) is 5.06. The van der Waals surface area contributed by atoms with Crippen LogP contribution in [0.5, 0.6) is 0 Å². The SMILES string of the molecule is Clc1ccc(-c2nc(SCc3nc4ccccc4[nH]3)nc3c2CCCC3)cc1. The second-order valence-corrected chi connectivity index (χ2v) is 8.36. The Kier molecular flexibility index (Phi) is 4.79. The lowest BCUT2D eigenvalue weighted by Crippen LogP contribution is -2.10. The molecule has 0 saturated carbocycles. The van der Waals surface area contributed by atoms with Crippen LogP contribution in [0.25, 0.3) is 22.3 Å². The molecule has 1 N–H and O–H groups in total. The van der Waals surface area contributed by atoms with Gasteiger partial charge in [-0.15, -0.1) is 0 Å². The van der Waals surface area contributed by atoms with Gasteiger partial charge in [0.1, 0.15) is 5.82 Å². The molecule has 140 valence electrons. The number of benzene rings is 2. The van der Waals surface area contributed by atoms with Gasteiger partial charge in [0.15, 0.2) is 5.16 Å². The van der Waals surface area contributed by atoms with E-state index in [0.717, 1.165) is 51.1 Å². The number of aryl methyl sites for hydroxylation is 1. The van der Waals surface area contributed by atoms with Crippen molar-refractivity contribution in [1.29, 1.82) is 0 Å². The number of hydrogen-bond acceptors (Lipinski definition) is 4. The number of aromatic amines is 1. The van der Waals surface area contributed by atoms with Crippen molar-refractivity contribution in [3.63, 3.8) is 0 Å². The van der Waals surface area contributed by atoms with Gasteiger partial charge in [0.05, 0.1) is 22.5 Å². The molecule has 0 bridgehead atoms. The van der Waals surface area contributed by atoms with Crippen LogP contribution in [0.3, 0.4) is 0 Å². The van der Waals surface area contributed by atoms with E-state index in [1.54, 1.807) is 11.8 Å². The number of imidazole rings is 1. The summed E-state index contributed by atoms with van der Waals surface area (Å²) in [7, 11) is 0. The van der Waals surface area contributed by atoms with Gasteiger partial charge in [0.2, 0.25) is 0 Å². The molecule has 0 unspecified atom stereocenters. The van der Waals surface area contributed by atoms with Gasteiger partial charge in [0, 0.05) is 21.8 Å². The number of nitrogens with one attached hydrogen (secondary N) is 1. The second-order valence-electron chi connectivity index (χ2n) is 6.98. The van der Waals surface area contributed by atoms with Gasteiger partial charge >= 0.3 is 0 Å². The maximum Gasteiger partial charge on any atom is 0.188 e. The van der Waals surface area contributed by atoms with E-state index >= 15 is 0 Å². The molecule has 0 fully saturated rings. The van der Waals surface area contributed by atoms with Crippen LogP contribution in [0.15, 0.2) is 53.7 Å². The first-order valence-electron chi connectivity index (χ1n) is 9.48. The number of rotatable bonds is 4. The van der Waals surface area contributed by atoms with E-state index in [1.165, 1.54) is 24.1 Å². The van der Waals surface area contributed by atoms with E-state index in [2.05, 4.69) is 9.97 Å². The first kappa shape index (κ1) is 17.7. The van der Waals surface area contributed by atoms with Crippen LogP contribution >= 0.6 is 23.4 Å². The number of aromatic nitrogens is 4. The molecule has 28 heavy (non-hydrogen) atoms. The van der Waals surface area contributed by atoms with Crippen LogP contribution in [-0.4, -0.2) is 19.9 Å². The van der Waals surface area contributed by atoms with Gasteiger partial charge in [-0.3, -0.25) is 0 Å². The Labute approximate surface area is 172 Å². The van der Waals surface area contributed by atoms with Crippen molar-refractivity contribution >= 4 is 34.4 Å². The highest BCUT2D eigenvalue weighted by molar-refractivity contribution is 7.98. The highest BCUT2D eigenvalue weighted by Crippen LogP contribution is 2.32. The predicted molar refractivity (Wildman–Crippen MR) is 115 cm³/mol. The fourth-order valence-electron chi connectivity index (χ4n) is 3.69. The molecule has 0 radical (unpaired) electrons. The molecular formula is C22H19ClN4S. The van der Waals surface area contributed by atoms with Crippen LogP contribution in [-0.2, 0) is 18.6 Å². The number of hydrogen-bond donors (Lipinski definition) is 1. The molecule has 1 aliphatic carbocycles. The summed E-state index contributed by atoms with van der Waals surface area (Å²) in [6.45, 7) is 0. The van der Waals surface area contributed by atoms with Crippen molar-refractivity contribution in [3.05, 3.63) is 70.6 Å². The molecular weight excluding hydrogens is 388 g/mol. The number of thioether (sulfide) groups is 1. The average Bonchev–Trinajstić information content (AvgIpc) is 3.15. The zero-order valence-electron chi connectivity index (χ0n) is 15.3. The molecule has 4 aromatic rings. The van der Waals surface area contributed by atoms with Crippen molar-refractivity contribution in [2.75, 3.05) is 0 Å². The Morgan fingerprint density at radius 2 is 1.75 bits per heavy atom. The summed E-state index contributed by atoms with van der Waals surface area (Å²) >= 11 is 7.71. The summed E-state index contributed by atoms with van der Waals surface area (Å²) in [5.41, 5.74) is 6.70. The highest BCUT2D eigenvalue weighted by Gasteiger charge is 2.19. The maximum atomic E-state index is 6.08. The Balaban J connectivity index is 1.47. The molecule has 0 spiro atoms. The molecule has 5 rings (SSSR count). The number of nitrogens with zero attached hydrogens (tertiary/aromatic N) is 3. The minimum atomic E-state index is 0.716. The van der Waals surface area contributed by atoms with Crippen LogP contribution in [0.1, 0.15) is 29.9 Å². The zero-order chi connectivity index (χ0) is 18.9. The molecule has 2 aromatic heterocycles. The third kappa shape index (κ3) is 3.52. The van der Waals surface area contributed by atoms with E-state index in [-0.39, 0.29) is 0 Å². The zero-order valence-corrected chi connectivity index (χ0v) is 16.9. The summed E-state index contributed by atoms with van der Waals surface area (Å²) in [5.74, 6) is 1.66. The Morgan fingerprint density at radius 3 is 2.61 bits per heavy atom. The van der Waals surface area contributed by atoms with Crippen molar-refractivity contribution in [2.45, 2.75) is 36.6 Å². The predicted octanol–water partition coefficient (Wildman–Crippen LogP) is 5.84. The van der Waals surface area contributed by atoms with Crippen LogP contribution in [0.4, 0.5) is 0 Å². The highest BCUT2D eigenvalue weighted by atomic mass is 35.5. The minimum Gasteiger partial charge on any atom is -0.341 e. The number of H-pyrrole nitrogens is 1. The van der Waals surface area contributed by atoms with Crippen LogP contribution in [0.2, 0.25) is 5.02 Å². The third-order valence-corrected chi connectivity index (χ3v) is 6.17. The Morgan fingerprint density at radius 1 is 0.929 bits per heavy atom. The first-order valence-corrected chi connectivity index (χ1v) is 10.8. The summed E-state index contributed by atoms with van der Waals surface area (Å²) in [6.07, 6.45) is 4.46. The maximum absolute atomic E-state index is 6.08. The van der Waals surface area contributed by atoms with Crippen molar-refractivity contribution in [3.8, 4) is 11.3 Å². The van der Waals surface area contributed by atoms with Crippen LogP contribution in [0, 0.1) is 0 Å². The summed E-state index contributed by atoms with van der Waals surface area (Å²) in [5, 5.41) is 1.55. The number of fused-ring (bicyclic) bond motifs is 2. The molecule has 0 atom stereocenters. The normalized spacial score (nSPS) is 13.6.